The van der Waals surface area contributed by atoms with Crippen molar-refractivity contribution < 1.29 is 27.7 Å². The number of piperazine rings is 1. The van der Waals surface area contributed by atoms with Crippen LogP contribution in [-0.4, -0.2) is 43.6 Å². The van der Waals surface area contributed by atoms with Gasteiger partial charge in [-0.2, -0.15) is 18.4 Å². The maximum atomic E-state index is 12.6. The number of carbonyl (C=O) groups excluding carboxylic acids is 1. The number of H-pyrrole nitrogens is 1. The number of halogens is 3. The van der Waals surface area contributed by atoms with Crippen LogP contribution in [0.1, 0.15) is 11.1 Å². The van der Waals surface area contributed by atoms with Crippen LogP contribution in [0.4, 0.5) is 19.0 Å². The Bertz CT molecular complexity index is 853. The highest BCUT2D eigenvalue weighted by molar-refractivity contribution is 5.78. The van der Waals surface area contributed by atoms with Gasteiger partial charge in [0.2, 0.25) is 0 Å². The highest BCUT2D eigenvalue weighted by Crippen LogP contribution is 2.28. The topological polar surface area (TPSA) is 70.7 Å². The standard InChI is InChI=1S/C19H17F3N4O2/c20-19(21,22)15-3-6-17(24-12-15)25-7-9-26(10-8-25)18(27)13-28-16-4-1-14(11-23)2-5-16/h1-6,12H,7-10,13H2/p+1. The number of hydrogen-bond acceptors (Lipinski definition) is 4. The Hall–Kier alpha value is -3.28. The number of aromatic amines is 1. The van der Waals surface area contributed by atoms with Gasteiger partial charge in [-0.15, -0.1) is 0 Å². The Labute approximate surface area is 159 Å². The quantitative estimate of drug-likeness (QED) is 0.801. The minimum absolute atomic E-state index is 0.113. The maximum absolute atomic E-state index is 12.6. The first kappa shape index (κ1) is 19.5. The van der Waals surface area contributed by atoms with E-state index in [9.17, 15) is 18.0 Å². The minimum atomic E-state index is -4.38. The molecule has 6 nitrogen and oxygen atoms in total. The van der Waals surface area contributed by atoms with Gasteiger partial charge in [-0.05, 0) is 30.3 Å². The first-order valence-electron chi connectivity index (χ1n) is 8.61. The molecule has 0 spiro atoms. The molecule has 146 valence electrons. The number of aromatic nitrogens is 1. The fourth-order valence-electron chi connectivity index (χ4n) is 2.85. The normalized spacial score (nSPS) is 14.5. The van der Waals surface area contributed by atoms with Crippen LogP contribution in [0.15, 0.2) is 42.6 Å². The van der Waals surface area contributed by atoms with Gasteiger partial charge in [0.15, 0.2) is 6.61 Å². The highest BCUT2D eigenvalue weighted by Gasteiger charge is 2.33. The number of alkyl halides is 3. The summed E-state index contributed by atoms with van der Waals surface area (Å²) in [7, 11) is 0. The number of anilines is 1. The molecule has 1 aromatic heterocycles. The summed E-state index contributed by atoms with van der Waals surface area (Å²) >= 11 is 0. The molecule has 0 unspecified atom stereocenters. The number of rotatable bonds is 4. The van der Waals surface area contributed by atoms with Gasteiger partial charge in [0.25, 0.3) is 11.7 Å². The van der Waals surface area contributed by atoms with Gasteiger partial charge in [0.05, 0.1) is 30.3 Å². The Balaban J connectivity index is 1.49. The minimum Gasteiger partial charge on any atom is -0.484 e. The number of benzene rings is 1. The van der Waals surface area contributed by atoms with Crippen LogP contribution in [0, 0.1) is 11.3 Å². The molecular weight excluding hydrogens is 373 g/mol. The molecule has 1 aromatic carbocycles. The second-order valence-corrected chi connectivity index (χ2v) is 6.25. The van der Waals surface area contributed by atoms with Gasteiger partial charge in [0, 0.05) is 6.07 Å². The van der Waals surface area contributed by atoms with Gasteiger partial charge in [-0.3, -0.25) is 9.69 Å². The molecule has 1 N–H and O–H groups in total. The number of ether oxygens (including phenoxy) is 1. The lowest BCUT2D eigenvalue weighted by atomic mass is 10.2. The Morgan fingerprint density at radius 1 is 1.11 bits per heavy atom. The van der Waals surface area contributed by atoms with E-state index in [-0.39, 0.29) is 12.5 Å². The Morgan fingerprint density at radius 2 is 1.79 bits per heavy atom. The zero-order valence-electron chi connectivity index (χ0n) is 14.9. The van der Waals surface area contributed by atoms with Crippen molar-refractivity contribution in [3.05, 3.63) is 53.7 Å². The molecule has 1 aliphatic rings. The fourth-order valence-corrected chi connectivity index (χ4v) is 2.85. The average Bonchev–Trinajstić information content (AvgIpc) is 2.72. The Kier molecular flexibility index (Phi) is 5.68. The van der Waals surface area contributed by atoms with Crippen LogP contribution in [0.25, 0.3) is 0 Å². The molecule has 0 bridgehead atoms. The van der Waals surface area contributed by atoms with Gasteiger partial charge in [0.1, 0.15) is 25.0 Å². The van der Waals surface area contributed by atoms with Crippen molar-refractivity contribution in [1.82, 2.24) is 4.90 Å². The van der Waals surface area contributed by atoms with Gasteiger partial charge < -0.3 is 9.64 Å². The number of amides is 1. The maximum Gasteiger partial charge on any atom is 0.419 e. The number of nitrogens with one attached hydrogen (secondary N) is 1. The summed E-state index contributed by atoms with van der Waals surface area (Å²) in [5.41, 5.74) is -0.222. The first-order valence-corrected chi connectivity index (χ1v) is 8.61. The molecule has 3 rings (SSSR count). The van der Waals surface area contributed by atoms with Crippen LogP contribution in [0.3, 0.4) is 0 Å². The molecular formula is C19H18F3N4O2+. The molecule has 1 aliphatic heterocycles. The molecule has 0 saturated carbocycles. The van der Waals surface area contributed by atoms with E-state index in [4.69, 9.17) is 10.00 Å². The highest BCUT2D eigenvalue weighted by atomic mass is 19.4. The summed E-state index contributed by atoms with van der Waals surface area (Å²) in [4.78, 5) is 18.5. The summed E-state index contributed by atoms with van der Waals surface area (Å²) in [6, 6.07) is 10.9. The van der Waals surface area contributed by atoms with E-state index < -0.39 is 11.7 Å². The molecule has 9 heteroatoms. The summed E-state index contributed by atoms with van der Waals surface area (Å²) in [5.74, 6) is 0.916. The van der Waals surface area contributed by atoms with Crippen molar-refractivity contribution in [2.75, 3.05) is 37.7 Å². The van der Waals surface area contributed by atoms with Crippen LogP contribution >= 0.6 is 0 Å². The number of carbonyl (C=O) groups is 1. The third-order valence-corrected chi connectivity index (χ3v) is 4.44. The lowest BCUT2D eigenvalue weighted by molar-refractivity contribution is -0.367. The fraction of sp³-hybridized carbons (Fsp3) is 0.316. The van der Waals surface area contributed by atoms with E-state index in [1.54, 1.807) is 29.2 Å². The largest absolute Gasteiger partial charge is 0.484 e. The van der Waals surface area contributed by atoms with E-state index in [2.05, 4.69) is 4.98 Å². The van der Waals surface area contributed by atoms with Crippen LogP contribution in [-0.2, 0) is 11.0 Å². The molecule has 2 heterocycles. The second-order valence-electron chi connectivity index (χ2n) is 6.25. The van der Waals surface area contributed by atoms with Crippen molar-refractivity contribution in [3.63, 3.8) is 0 Å². The zero-order valence-corrected chi connectivity index (χ0v) is 14.9. The smallest absolute Gasteiger partial charge is 0.419 e. The van der Waals surface area contributed by atoms with Crippen molar-refractivity contribution in [2.24, 2.45) is 0 Å². The lowest BCUT2D eigenvalue weighted by Gasteiger charge is -2.31. The van der Waals surface area contributed by atoms with E-state index in [0.717, 1.165) is 12.3 Å². The predicted octanol–water partition coefficient (Wildman–Crippen LogP) is 2.12. The van der Waals surface area contributed by atoms with Crippen LogP contribution in [0.2, 0.25) is 0 Å². The third kappa shape index (κ3) is 4.71. The van der Waals surface area contributed by atoms with E-state index >= 15 is 0 Å². The number of nitriles is 1. The lowest BCUT2D eigenvalue weighted by Crippen LogP contribution is -2.51. The molecule has 0 radical (unpaired) electrons. The zero-order chi connectivity index (χ0) is 20.1. The van der Waals surface area contributed by atoms with Crippen LogP contribution in [0.5, 0.6) is 5.75 Å². The van der Waals surface area contributed by atoms with Crippen molar-refractivity contribution in [1.29, 1.82) is 5.26 Å². The van der Waals surface area contributed by atoms with Gasteiger partial charge in [-0.25, -0.2) is 4.98 Å². The summed E-state index contributed by atoms with van der Waals surface area (Å²) in [6.45, 7) is 1.79. The summed E-state index contributed by atoms with van der Waals surface area (Å²) < 4.78 is 43.3. The molecule has 28 heavy (non-hydrogen) atoms. The van der Waals surface area contributed by atoms with Crippen molar-refractivity contribution in [3.8, 4) is 11.8 Å². The Morgan fingerprint density at radius 3 is 2.32 bits per heavy atom. The molecule has 0 atom stereocenters. The molecule has 0 aliphatic carbocycles. The molecule has 1 fully saturated rings. The van der Waals surface area contributed by atoms with Gasteiger partial charge >= 0.3 is 6.18 Å². The monoisotopic (exact) mass is 391 g/mol. The van der Waals surface area contributed by atoms with Crippen LogP contribution < -0.4 is 14.6 Å². The van der Waals surface area contributed by atoms with Crippen molar-refractivity contribution >= 4 is 11.7 Å². The first-order chi connectivity index (χ1) is 13.4. The number of nitrogens with zero attached hydrogens (tertiary/aromatic N) is 3. The van der Waals surface area contributed by atoms with Crippen molar-refractivity contribution in [2.45, 2.75) is 6.18 Å². The predicted molar refractivity (Wildman–Crippen MR) is 93.4 cm³/mol. The SMILES string of the molecule is N#Cc1ccc(OCC(=O)N2CCN(c3ccc(C(F)(F)F)c[nH+]3)CC2)cc1. The van der Waals surface area contributed by atoms with E-state index in [0.29, 0.717) is 43.3 Å². The number of pyridine rings is 1. The molecule has 1 amide bonds. The molecule has 2 aromatic rings. The summed E-state index contributed by atoms with van der Waals surface area (Å²) in [6.07, 6.45) is -3.44. The van der Waals surface area contributed by atoms with E-state index in [1.807, 2.05) is 11.0 Å². The average molecular weight is 391 g/mol. The summed E-state index contributed by atoms with van der Waals surface area (Å²) in [5, 5.41) is 8.76. The van der Waals surface area contributed by atoms with E-state index in [1.165, 1.54) is 6.07 Å². The van der Waals surface area contributed by atoms with Gasteiger partial charge in [-0.1, -0.05) is 0 Å². The molecule has 1 saturated heterocycles. The second kappa shape index (κ2) is 8.17. The third-order valence-electron chi connectivity index (χ3n) is 4.44. The number of hydrogen-bond donors (Lipinski definition) is 0.